The van der Waals surface area contributed by atoms with Crippen LogP contribution in [-0.2, 0) is 0 Å². The highest BCUT2D eigenvalue weighted by molar-refractivity contribution is 6.33. The molecule has 0 radical (unpaired) electrons. The smallest absolute Gasteiger partial charge is 0.142 e. The first-order valence-electron chi connectivity index (χ1n) is 9.06. The number of aromatic nitrogens is 1. The highest BCUT2D eigenvalue weighted by Crippen LogP contribution is 2.36. The Morgan fingerprint density at radius 2 is 1.53 bits per heavy atom. The van der Waals surface area contributed by atoms with Crippen LogP contribution in [0.5, 0.6) is 11.5 Å². The maximum Gasteiger partial charge on any atom is 0.142 e. The minimum absolute atomic E-state index is 0.0674. The van der Waals surface area contributed by atoms with E-state index in [9.17, 15) is 15.5 Å². The van der Waals surface area contributed by atoms with E-state index in [1.54, 1.807) is 12.1 Å². The number of phenols is 2. The molecule has 4 aromatic rings. The molecule has 1 heterocycles. The molecule has 0 fully saturated rings. The highest BCUT2D eigenvalue weighted by Gasteiger charge is 2.15. The summed E-state index contributed by atoms with van der Waals surface area (Å²) in [4.78, 5) is 4.39. The summed E-state index contributed by atoms with van der Waals surface area (Å²) in [6.07, 6.45) is 0. The second kappa shape index (κ2) is 7.78. The average Bonchev–Trinajstić information content (AvgIpc) is 2.75. The Balaban J connectivity index is 1.81. The SMILES string of the molecule is N#Cc1c(-c2ccccc2Cl)cc(-c2ccc(-c3cc(O)ccc3O)cc2)nc1N. The van der Waals surface area contributed by atoms with Gasteiger partial charge in [0.05, 0.1) is 5.69 Å². The lowest BCUT2D eigenvalue weighted by Gasteiger charge is -2.12. The fourth-order valence-corrected chi connectivity index (χ4v) is 3.54. The van der Waals surface area contributed by atoms with Crippen molar-refractivity contribution in [1.29, 1.82) is 5.26 Å². The van der Waals surface area contributed by atoms with E-state index in [-0.39, 0.29) is 22.9 Å². The summed E-state index contributed by atoms with van der Waals surface area (Å²) in [5.74, 6) is 0.264. The summed E-state index contributed by atoms with van der Waals surface area (Å²) in [6, 6.07) is 22.8. The molecule has 0 spiro atoms. The van der Waals surface area contributed by atoms with Crippen LogP contribution in [0.4, 0.5) is 5.82 Å². The summed E-state index contributed by atoms with van der Waals surface area (Å²) >= 11 is 6.34. The third-order valence-corrected chi connectivity index (χ3v) is 5.12. The van der Waals surface area contributed by atoms with Crippen molar-refractivity contribution in [2.75, 3.05) is 5.73 Å². The molecular formula is C24H16ClN3O2. The van der Waals surface area contributed by atoms with E-state index in [0.29, 0.717) is 27.4 Å². The van der Waals surface area contributed by atoms with Crippen LogP contribution in [-0.4, -0.2) is 15.2 Å². The van der Waals surface area contributed by atoms with Crippen molar-refractivity contribution in [2.24, 2.45) is 0 Å². The summed E-state index contributed by atoms with van der Waals surface area (Å²) in [6.45, 7) is 0. The van der Waals surface area contributed by atoms with Gasteiger partial charge < -0.3 is 15.9 Å². The van der Waals surface area contributed by atoms with Crippen LogP contribution >= 0.6 is 11.6 Å². The van der Waals surface area contributed by atoms with Crippen molar-refractivity contribution in [3.63, 3.8) is 0 Å². The van der Waals surface area contributed by atoms with E-state index in [1.165, 1.54) is 18.2 Å². The standard InChI is InChI=1S/C24H16ClN3O2/c25-21-4-2-1-3-17(21)19-12-22(28-24(27)20(19)13-26)15-7-5-14(6-8-15)18-11-16(29)9-10-23(18)30/h1-12,29-30H,(H2,27,28). The number of halogens is 1. The molecule has 3 aromatic carbocycles. The Kier molecular flexibility index (Phi) is 5.01. The molecule has 0 bridgehead atoms. The molecule has 30 heavy (non-hydrogen) atoms. The van der Waals surface area contributed by atoms with Gasteiger partial charge in [-0.2, -0.15) is 5.26 Å². The molecule has 0 aliphatic carbocycles. The number of nitriles is 1. The van der Waals surface area contributed by atoms with Gasteiger partial charge in [-0.05, 0) is 35.9 Å². The molecule has 0 aliphatic rings. The Morgan fingerprint density at radius 1 is 0.833 bits per heavy atom. The van der Waals surface area contributed by atoms with Crippen LogP contribution in [0.3, 0.4) is 0 Å². The predicted octanol–water partition coefficient (Wildman–Crippen LogP) is 5.60. The third-order valence-electron chi connectivity index (χ3n) is 4.80. The topological polar surface area (TPSA) is 103 Å². The number of anilines is 1. The van der Waals surface area contributed by atoms with Gasteiger partial charge >= 0.3 is 0 Å². The van der Waals surface area contributed by atoms with Gasteiger partial charge in [-0.25, -0.2) is 4.98 Å². The number of aromatic hydroxyl groups is 2. The first-order valence-corrected chi connectivity index (χ1v) is 9.44. The van der Waals surface area contributed by atoms with E-state index in [0.717, 1.165) is 11.1 Å². The fraction of sp³-hybridized carbons (Fsp3) is 0. The molecule has 0 saturated heterocycles. The predicted molar refractivity (Wildman–Crippen MR) is 118 cm³/mol. The Hall–Kier alpha value is -4.01. The van der Waals surface area contributed by atoms with E-state index in [4.69, 9.17) is 17.3 Å². The largest absolute Gasteiger partial charge is 0.508 e. The normalized spacial score (nSPS) is 10.5. The molecule has 146 valence electrons. The van der Waals surface area contributed by atoms with Crippen LogP contribution in [0, 0.1) is 11.3 Å². The first-order chi connectivity index (χ1) is 14.5. The van der Waals surface area contributed by atoms with Gasteiger partial charge in [-0.15, -0.1) is 0 Å². The third kappa shape index (κ3) is 3.52. The van der Waals surface area contributed by atoms with Gasteiger partial charge in [-0.3, -0.25) is 0 Å². The number of pyridine rings is 1. The van der Waals surface area contributed by atoms with Crippen LogP contribution < -0.4 is 5.73 Å². The molecule has 4 rings (SSSR count). The maximum atomic E-state index is 10.1. The minimum Gasteiger partial charge on any atom is -0.508 e. The van der Waals surface area contributed by atoms with Gasteiger partial charge in [0, 0.05) is 27.3 Å². The zero-order valence-electron chi connectivity index (χ0n) is 15.7. The van der Waals surface area contributed by atoms with Gasteiger partial charge in [0.2, 0.25) is 0 Å². The Morgan fingerprint density at radius 3 is 2.23 bits per heavy atom. The number of benzene rings is 3. The molecule has 0 atom stereocenters. The zero-order valence-corrected chi connectivity index (χ0v) is 16.4. The van der Waals surface area contributed by atoms with Crippen LogP contribution in [0.25, 0.3) is 33.5 Å². The summed E-state index contributed by atoms with van der Waals surface area (Å²) in [5, 5.41) is 29.9. The Labute approximate surface area is 178 Å². The van der Waals surface area contributed by atoms with Crippen molar-refractivity contribution < 1.29 is 10.2 Å². The number of nitrogens with two attached hydrogens (primary N) is 1. The number of nitrogens with zero attached hydrogens (tertiary/aromatic N) is 2. The van der Waals surface area contributed by atoms with Gasteiger partial charge in [-0.1, -0.05) is 54.1 Å². The van der Waals surface area contributed by atoms with Crippen molar-refractivity contribution >= 4 is 17.4 Å². The zero-order chi connectivity index (χ0) is 21.3. The molecule has 1 aromatic heterocycles. The van der Waals surface area contributed by atoms with E-state index in [2.05, 4.69) is 11.1 Å². The molecule has 5 nitrogen and oxygen atoms in total. The van der Waals surface area contributed by atoms with Crippen LogP contribution in [0.15, 0.2) is 72.8 Å². The van der Waals surface area contributed by atoms with E-state index >= 15 is 0 Å². The van der Waals surface area contributed by atoms with E-state index in [1.807, 2.05) is 42.5 Å². The maximum absolute atomic E-state index is 10.1. The second-order valence-electron chi connectivity index (χ2n) is 6.69. The Bertz CT molecular complexity index is 1300. The lowest BCUT2D eigenvalue weighted by Crippen LogP contribution is -2.00. The number of hydrogen-bond acceptors (Lipinski definition) is 5. The number of phenolic OH excluding ortho intramolecular Hbond substituents is 2. The molecule has 0 amide bonds. The molecule has 4 N–H and O–H groups in total. The molecule has 6 heteroatoms. The lowest BCUT2D eigenvalue weighted by molar-refractivity contribution is 0.462. The van der Waals surface area contributed by atoms with Crippen molar-refractivity contribution in [3.05, 3.63) is 83.4 Å². The monoisotopic (exact) mass is 413 g/mol. The summed E-state index contributed by atoms with van der Waals surface area (Å²) in [7, 11) is 0. The van der Waals surface area contributed by atoms with Crippen LogP contribution in [0.1, 0.15) is 5.56 Å². The molecule has 0 unspecified atom stereocenters. The lowest BCUT2D eigenvalue weighted by atomic mass is 9.97. The minimum atomic E-state index is 0.0674. The van der Waals surface area contributed by atoms with Gasteiger partial charge in [0.15, 0.2) is 0 Å². The number of rotatable bonds is 3. The van der Waals surface area contributed by atoms with Crippen molar-refractivity contribution in [2.45, 2.75) is 0 Å². The second-order valence-corrected chi connectivity index (χ2v) is 7.09. The highest BCUT2D eigenvalue weighted by atomic mass is 35.5. The quantitative estimate of drug-likeness (QED) is 0.379. The van der Waals surface area contributed by atoms with Gasteiger partial charge in [0.1, 0.15) is 28.9 Å². The van der Waals surface area contributed by atoms with E-state index < -0.39 is 0 Å². The average molecular weight is 414 g/mol. The molecule has 0 aliphatic heterocycles. The first kappa shape index (κ1) is 19.3. The van der Waals surface area contributed by atoms with Crippen molar-refractivity contribution in [3.8, 4) is 51.1 Å². The summed E-state index contributed by atoms with van der Waals surface area (Å²) < 4.78 is 0. The van der Waals surface area contributed by atoms with Gasteiger partial charge in [0.25, 0.3) is 0 Å². The fourth-order valence-electron chi connectivity index (χ4n) is 3.30. The summed E-state index contributed by atoms with van der Waals surface area (Å²) in [5.41, 5.74) is 10.3. The molecule has 0 saturated carbocycles. The number of hydrogen-bond donors (Lipinski definition) is 3. The van der Waals surface area contributed by atoms with Crippen LogP contribution in [0.2, 0.25) is 5.02 Å². The number of nitrogen functional groups attached to an aromatic ring is 1. The molecular weight excluding hydrogens is 398 g/mol. The van der Waals surface area contributed by atoms with Crippen molar-refractivity contribution in [1.82, 2.24) is 4.98 Å².